The first kappa shape index (κ1) is 22.6. The van der Waals surface area contributed by atoms with E-state index < -0.39 is 6.10 Å². The molecule has 1 aromatic rings. The molecule has 1 amide bonds. The first-order chi connectivity index (χ1) is 14.6. The molecule has 3 rings (SSSR count). The number of hydrogen-bond acceptors (Lipinski definition) is 8. The van der Waals surface area contributed by atoms with Gasteiger partial charge in [-0.05, 0) is 30.5 Å². The molecule has 2 aliphatic heterocycles. The zero-order valence-corrected chi connectivity index (χ0v) is 17.9. The summed E-state index contributed by atoms with van der Waals surface area (Å²) >= 11 is 0. The second kappa shape index (κ2) is 11.4. The van der Waals surface area contributed by atoms with Crippen molar-refractivity contribution in [3.63, 3.8) is 0 Å². The van der Waals surface area contributed by atoms with Gasteiger partial charge in [-0.1, -0.05) is 6.07 Å². The van der Waals surface area contributed by atoms with Crippen LogP contribution in [-0.2, 0) is 16.1 Å². The standard InChI is InChI=1S/C21H33N3O6/c1-27-19-6-5-17(14-24-7-3-4-12-30-24)13-20(19)29-16-18(25)15-22-8-10-23(11-9-22)21(26)28-2/h5-6,13,18,25H,3-4,7-12,14-16H2,1-2H3. The van der Waals surface area contributed by atoms with Crippen LogP contribution in [0.15, 0.2) is 18.2 Å². The number of aliphatic hydroxyl groups excluding tert-OH is 1. The zero-order valence-electron chi connectivity index (χ0n) is 17.9. The third-order valence-corrected chi connectivity index (χ3v) is 5.37. The summed E-state index contributed by atoms with van der Waals surface area (Å²) in [6, 6.07) is 5.83. The Hall–Kier alpha value is -2.07. The Bertz CT molecular complexity index is 675. The van der Waals surface area contributed by atoms with Crippen molar-refractivity contribution in [3.8, 4) is 11.5 Å². The largest absolute Gasteiger partial charge is 0.493 e. The van der Waals surface area contributed by atoms with Crippen molar-refractivity contribution < 1.29 is 28.9 Å². The number of hydroxylamine groups is 2. The lowest BCUT2D eigenvalue weighted by molar-refractivity contribution is -0.187. The number of piperazine rings is 1. The minimum Gasteiger partial charge on any atom is -0.493 e. The van der Waals surface area contributed by atoms with Crippen LogP contribution in [-0.4, -0.2) is 98.9 Å². The molecule has 0 spiro atoms. The van der Waals surface area contributed by atoms with Crippen molar-refractivity contribution in [2.75, 3.05) is 66.7 Å². The fourth-order valence-corrected chi connectivity index (χ4v) is 3.69. The molecule has 30 heavy (non-hydrogen) atoms. The lowest BCUT2D eigenvalue weighted by atomic mass is 10.2. The van der Waals surface area contributed by atoms with Crippen LogP contribution >= 0.6 is 0 Å². The summed E-state index contributed by atoms with van der Waals surface area (Å²) in [6.45, 7) is 5.60. The van der Waals surface area contributed by atoms with E-state index in [9.17, 15) is 9.90 Å². The van der Waals surface area contributed by atoms with Gasteiger partial charge in [-0.3, -0.25) is 9.74 Å². The van der Waals surface area contributed by atoms with Crippen molar-refractivity contribution in [1.29, 1.82) is 0 Å². The maximum Gasteiger partial charge on any atom is 0.409 e. The number of benzene rings is 1. The SMILES string of the molecule is COC(=O)N1CCN(CC(O)COc2cc(CN3CCCCO3)ccc2OC)CC1. The minimum atomic E-state index is -0.645. The molecule has 1 unspecified atom stereocenters. The molecule has 9 heteroatoms. The molecule has 2 saturated heterocycles. The zero-order chi connectivity index (χ0) is 21.3. The average molecular weight is 424 g/mol. The summed E-state index contributed by atoms with van der Waals surface area (Å²) in [6.07, 6.45) is 1.29. The monoisotopic (exact) mass is 423 g/mol. The molecule has 0 bridgehead atoms. The summed E-state index contributed by atoms with van der Waals surface area (Å²) in [5.41, 5.74) is 1.07. The second-order valence-corrected chi connectivity index (χ2v) is 7.61. The van der Waals surface area contributed by atoms with Gasteiger partial charge in [-0.25, -0.2) is 4.79 Å². The Balaban J connectivity index is 1.48. The van der Waals surface area contributed by atoms with Crippen molar-refractivity contribution >= 4 is 6.09 Å². The van der Waals surface area contributed by atoms with Crippen molar-refractivity contribution in [2.24, 2.45) is 0 Å². The molecule has 0 aliphatic carbocycles. The van der Waals surface area contributed by atoms with Crippen LogP contribution in [0.1, 0.15) is 18.4 Å². The van der Waals surface area contributed by atoms with Gasteiger partial charge in [0, 0.05) is 45.8 Å². The number of amides is 1. The van der Waals surface area contributed by atoms with E-state index in [1.807, 2.05) is 23.3 Å². The molecule has 1 N–H and O–H groups in total. The molecule has 2 heterocycles. The predicted molar refractivity (Wildman–Crippen MR) is 111 cm³/mol. The first-order valence-corrected chi connectivity index (χ1v) is 10.5. The molecule has 9 nitrogen and oxygen atoms in total. The van der Waals surface area contributed by atoms with E-state index in [1.165, 1.54) is 7.11 Å². The van der Waals surface area contributed by atoms with Crippen LogP contribution in [0.4, 0.5) is 4.79 Å². The number of β-amino-alcohol motifs (C(OH)–C–C–N with tert-alkyl or cyclic N) is 1. The highest BCUT2D eigenvalue weighted by Crippen LogP contribution is 2.29. The predicted octanol–water partition coefficient (Wildman–Crippen LogP) is 1.35. The number of ether oxygens (including phenoxy) is 3. The number of hydrogen-bond donors (Lipinski definition) is 1. The summed E-state index contributed by atoms with van der Waals surface area (Å²) < 4.78 is 16.0. The number of carbonyl (C=O) groups is 1. The molecule has 0 saturated carbocycles. The topological polar surface area (TPSA) is 83.9 Å². The summed E-state index contributed by atoms with van der Waals surface area (Å²) in [5.74, 6) is 1.25. The van der Waals surface area contributed by atoms with Gasteiger partial charge in [0.2, 0.25) is 0 Å². The van der Waals surface area contributed by atoms with E-state index in [0.29, 0.717) is 50.8 Å². The van der Waals surface area contributed by atoms with Gasteiger partial charge < -0.3 is 24.2 Å². The molecule has 168 valence electrons. The summed E-state index contributed by atoms with van der Waals surface area (Å²) in [7, 11) is 2.99. The van der Waals surface area contributed by atoms with Gasteiger partial charge in [-0.2, -0.15) is 5.06 Å². The molecule has 1 aromatic carbocycles. The van der Waals surface area contributed by atoms with Gasteiger partial charge in [0.25, 0.3) is 0 Å². The number of nitrogens with zero attached hydrogens (tertiary/aromatic N) is 3. The van der Waals surface area contributed by atoms with E-state index in [2.05, 4.69) is 4.90 Å². The smallest absolute Gasteiger partial charge is 0.409 e. The Labute approximate surface area is 178 Å². The Morgan fingerprint density at radius 3 is 2.60 bits per heavy atom. The van der Waals surface area contributed by atoms with Gasteiger partial charge >= 0.3 is 6.09 Å². The molecular formula is C21H33N3O6. The molecule has 2 fully saturated rings. The highest BCUT2D eigenvalue weighted by Gasteiger charge is 2.23. The summed E-state index contributed by atoms with van der Waals surface area (Å²) in [4.78, 5) is 21.0. The van der Waals surface area contributed by atoms with Crippen LogP contribution in [0.2, 0.25) is 0 Å². The maximum atomic E-state index is 11.6. The van der Waals surface area contributed by atoms with E-state index in [0.717, 1.165) is 31.6 Å². The van der Waals surface area contributed by atoms with Crippen LogP contribution in [0.5, 0.6) is 11.5 Å². The van der Waals surface area contributed by atoms with Gasteiger partial charge in [0.1, 0.15) is 12.7 Å². The van der Waals surface area contributed by atoms with Gasteiger partial charge in [0.15, 0.2) is 11.5 Å². The van der Waals surface area contributed by atoms with Crippen LogP contribution in [0, 0.1) is 0 Å². The fraction of sp³-hybridized carbons (Fsp3) is 0.667. The van der Waals surface area contributed by atoms with Crippen LogP contribution in [0.3, 0.4) is 0 Å². The fourth-order valence-electron chi connectivity index (χ4n) is 3.69. The molecule has 0 radical (unpaired) electrons. The maximum absolute atomic E-state index is 11.6. The summed E-state index contributed by atoms with van der Waals surface area (Å²) in [5, 5.41) is 12.4. The van der Waals surface area contributed by atoms with Gasteiger partial charge in [-0.15, -0.1) is 0 Å². The highest BCUT2D eigenvalue weighted by atomic mass is 16.7. The second-order valence-electron chi connectivity index (χ2n) is 7.61. The Morgan fingerprint density at radius 1 is 1.13 bits per heavy atom. The van der Waals surface area contributed by atoms with E-state index in [1.54, 1.807) is 12.0 Å². The first-order valence-electron chi connectivity index (χ1n) is 10.5. The number of aliphatic hydroxyl groups is 1. The highest BCUT2D eigenvalue weighted by molar-refractivity contribution is 5.67. The van der Waals surface area contributed by atoms with Crippen LogP contribution < -0.4 is 9.47 Å². The number of methoxy groups -OCH3 is 2. The quantitative estimate of drug-likeness (QED) is 0.671. The van der Waals surface area contributed by atoms with E-state index >= 15 is 0 Å². The molecule has 1 atom stereocenters. The molecular weight excluding hydrogens is 390 g/mol. The lowest BCUT2D eigenvalue weighted by Gasteiger charge is -2.34. The van der Waals surface area contributed by atoms with Crippen LogP contribution in [0.25, 0.3) is 0 Å². The van der Waals surface area contributed by atoms with Crippen molar-refractivity contribution in [3.05, 3.63) is 23.8 Å². The lowest BCUT2D eigenvalue weighted by Crippen LogP contribution is -2.50. The number of carbonyl (C=O) groups excluding carboxylic acids is 1. The van der Waals surface area contributed by atoms with E-state index in [4.69, 9.17) is 19.0 Å². The Kier molecular flexibility index (Phi) is 8.56. The third kappa shape index (κ3) is 6.46. The average Bonchev–Trinajstić information content (AvgIpc) is 2.78. The van der Waals surface area contributed by atoms with Gasteiger partial charge in [0.05, 0.1) is 20.8 Å². The minimum absolute atomic E-state index is 0.164. The Morgan fingerprint density at radius 2 is 1.93 bits per heavy atom. The normalized spacial score (nSPS) is 19.4. The number of rotatable bonds is 8. The molecule has 2 aliphatic rings. The van der Waals surface area contributed by atoms with Crippen molar-refractivity contribution in [1.82, 2.24) is 14.9 Å². The van der Waals surface area contributed by atoms with E-state index in [-0.39, 0.29) is 12.7 Å². The third-order valence-electron chi connectivity index (χ3n) is 5.37. The van der Waals surface area contributed by atoms with Crippen molar-refractivity contribution in [2.45, 2.75) is 25.5 Å². The molecule has 0 aromatic heterocycles.